The summed E-state index contributed by atoms with van der Waals surface area (Å²) < 4.78 is 4.93. The number of benzene rings is 1. The average molecular weight is 178 g/mol. The molecular formula is C8H11KO2. The molecule has 0 aliphatic rings. The van der Waals surface area contributed by atoms with Crippen molar-refractivity contribution >= 4 is 51.4 Å². The first-order valence-corrected chi connectivity index (χ1v) is 3.10. The van der Waals surface area contributed by atoms with Crippen LogP contribution < -0.4 is 4.74 Å². The van der Waals surface area contributed by atoms with Crippen LogP contribution in [-0.4, -0.2) is 63.6 Å². The summed E-state index contributed by atoms with van der Waals surface area (Å²) in [5.41, 5.74) is 0.904. The van der Waals surface area contributed by atoms with Gasteiger partial charge >= 0.3 is 51.4 Å². The molecule has 3 heteroatoms. The van der Waals surface area contributed by atoms with Gasteiger partial charge in [0.05, 0.1) is 13.7 Å². The molecule has 1 aromatic rings. The Hall–Kier alpha value is 0.616. The van der Waals surface area contributed by atoms with Gasteiger partial charge < -0.3 is 9.84 Å². The Labute approximate surface area is 109 Å². The van der Waals surface area contributed by atoms with Crippen molar-refractivity contribution in [1.82, 2.24) is 0 Å². The molecule has 0 unspecified atom stereocenters. The van der Waals surface area contributed by atoms with Crippen molar-refractivity contribution in [3.63, 3.8) is 0 Å². The SMILES string of the molecule is COc1ccc(CO)cc1.[KH]. The molecule has 0 fully saturated rings. The number of hydrogen-bond acceptors (Lipinski definition) is 2. The summed E-state index contributed by atoms with van der Waals surface area (Å²) in [4.78, 5) is 0. The van der Waals surface area contributed by atoms with Gasteiger partial charge in [0.15, 0.2) is 0 Å². The normalized spacial score (nSPS) is 8.55. The van der Waals surface area contributed by atoms with Crippen LogP contribution in [-0.2, 0) is 6.61 Å². The van der Waals surface area contributed by atoms with Crippen LogP contribution in [0, 0.1) is 0 Å². The second kappa shape index (κ2) is 6.17. The van der Waals surface area contributed by atoms with E-state index in [0.29, 0.717) is 0 Å². The summed E-state index contributed by atoms with van der Waals surface area (Å²) >= 11 is 0. The van der Waals surface area contributed by atoms with Gasteiger partial charge in [-0.3, -0.25) is 0 Å². The van der Waals surface area contributed by atoms with Gasteiger partial charge in [0, 0.05) is 0 Å². The number of rotatable bonds is 2. The molecule has 0 aliphatic carbocycles. The van der Waals surface area contributed by atoms with Gasteiger partial charge in [0.1, 0.15) is 5.75 Å². The van der Waals surface area contributed by atoms with Crippen LogP contribution in [0.2, 0.25) is 0 Å². The summed E-state index contributed by atoms with van der Waals surface area (Å²) in [6.45, 7) is 0.0873. The fourth-order valence-electron chi connectivity index (χ4n) is 0.731. The Balaban J connectivity index is 0.000001000. The van der Waals surface area contributed by atoms with Crippen LogP contribution >= 0.6 is 0 Å². The zero-order valence-corrected chi connectivity index (χ0v) is 5.87. The minimum absolute atomic E-state index is 0. The zero-order valence-electron chi connectivity index (χ0n) is 5.87. The number of aliphatic hydroxyl groups excluding tert-OH is 1. The third-order valence-electron chi connectivity index (χ3n) is 1.34. The second-order valence-electron chi connectivity index (χ2n) is 2.01. The van der Waals surface area contributed by atoms with Gasteiger partial charge in [-0.1, -0.05) is 12.1 Å². The van der Waals surface area contributed by atoms with Gasteiger partial charge in [-0.2, -0.15) is 0 Å². The quantitative estimate of drug-likeness (QED) is 0.670. The Morgan fingerprint density at radius 1 is 1.27 bits per heavy atom. The molecule has 0 aliphatic heterocycles. The van der Waals surface area contributed by atoms with E-state index in [0.717, 1.165) is 11.3 Å². The van der Waals surface area contributed by atoms with Crippen molar-refractivity contribution in [1.29, 1.82) is 0 Å². The molecule has 2 nitrogen and oxygen atoms in total. The third-order valence-corrected chi connectivity index (χ3v) is 1.34. The van der Waals surface area contributed by atoms with Crippen molar-refractivity contribution < 1.29 is 9.84 Å². The first-order valence-electron chi connectivity index (χ1n) is 3.10. The third kappa shape index (κ3) is 3.69. The summed E-state index contributed by atoms with van der Waals surface area (Å²) in [6.07, 6.45) is 0. The van der Waals surface area contributed by atoms with E-state index < -0.39 is 0 Å². The van der Waals surface area contributed by atoms with Gasteiger partial charge in [0.2, 0.25) is 0 Å². The zero-order chi connectivity index (χ0) is 7.40. The molecule has 1 rings (SSSR count). The molecule has 0 amide bonds. The second-order valence-corrected chi connectivity index (χ2v) is 2.01. The Kier molecular flexibility index (Phi) is 6.51. The monoisotopic (exact) mass is 178 g/mol. The molecule has 56 valence electrons. The molecule has 0 saturated carbocycles. The van der Waals surface area contributed by atoms with Crippen LogP contribution in [0.3, 0.4) is 0 Å². The van der Waals surface area contributed by atoms with Crippen molar-refractivity contribution in [2.75, 3.05) is 7.11 Å². The van der Waals surface area contributed by atoms with Crippen molar-refractivity contribution in [2.24, 2.45) is 0 Å². The first-order chi connectivity index (χ1) is 4.86. The Bertz CT molecular complexity index is 173. The van der Waals surface area contributed by atoms with Gasteiger partial charge in [-0.15, -0.1) is 0 Å². The van der Waals surface area contributed by atoms with E-state index in [-0.39, 0.29) is 58.0 Å². The average Bonchev–Trinajstić information content (AvgIpc) is 2.05. The number of ether oxygens (including phenoxy) is 1. The van der Waals surface area contributed by atoms with E-state index in [2.05, 4.69) is 0 Å². The molecule has 0 spiro atoms. The van der Waals surface area contributed by atoms with Crippen molar-refractivity contribution in [2.45, 2.75) is 6.61 Å². The van der Waals surface area contributed by atoms with Crippen LogP contribution in [0.15, 0.2) is 24.3 Å². The molecule has 1 aromatic carbocycles. The fraction of sp³-hybridized carbons (Fsp3) is 0.250. The van der Waals surface area contributed by atoms with Crippen molar-refractivity contribution in [3.05, 3.63) is 29.8 Å². The molecule has 11 heavy (non-hydrogen) atoms. The number of aliphatic hydroxyl groups is 1. The summed E-state index contributed by atoms with van der Waals surface area (Å²) in [5.74, 6) is 0.817. The molecule has 0 radical (unpaired) electrons. The Morgan fingerprint density at radius 3 is 2.18 bits per heavy atom. The van der Waals surface area contributed by atoms with E-state index in [4.69, 9.17) is 9.84 Å². The summed E-state index contributed by atoms with van der Waals surface area (Å²) in [6, 6.07) is 7.31. The van der Waals surface area contributed by atoms with Crippen LogP contribution in [0.25, 0.3) is 0 Å². The molecule has 0 bridgehead atoms. The van der Waals surface area contributed by atoms with E-state index in [1.54, 1.807) is 7.11 Å². The number of methoxy groups -OCH3 is 1. The van der Waals surface area contributed by atoms with E-state index in [1.165, 1.54) is 0 Å². The molecule has 1 N–H and O–H groups in total. The molecule has 0 atom stereocenters. The van der Waals surface area contributed by atoms with Crippen LogP contribution in [0.1, 0.15) is 5.56 Å². The van der Waals surface area contributed by atoms with Crippen LogP contribution in [0.4, 0.5) is 0 Å². The maximum absolute atomic E-state index is 8.66. The molecule has 0 saturated heterocycles. The van der Waals surface area contributed by atoms with Gasteiger partial charge in [-0.25, -0.2) is 0 Å². The minimum atomic E-state index is 0. The Morgan fingerprint density at radius 2 is 1.82 bits per heavy atom. The topological polar surface area (TPSA) is 29.5 Å². The standard InChI is InChI=1S/C8H10O2.K.H/c1-10-8-4-2-7(6-9)3-5-8;;/h2-5,9H,6H2,1H3;;. The number of hydrogen-bond donors (Lipinski definition) is 1. The first kappa shape index (κ1) is 11.6. The molecule has 0 aromatic heterocycles. The van der Waals surface area contributed by atoms with Crippen molar-refractivity contribution in [3.8, 4) is 5.75 Å². The summed E-state index contributed by atoms with van der Waals surface area (Å²) in [5, 5.41) is 8.66. The van der Waals surface area contributed by atoms with E-state index in [1.807, 2.05) is 24.3 Å². The molecular weight excluding hydrogens is 167 g/mol. The summed E-state index contributed by atoms with van der Waals surface area (Å²) in [7, 11) is 1.62. The predicted molar refractivity (Wildman–Crippen MR) is 46.1 cm³/mol. The molecule has 0 heterocycles. The van der Waals surface area contributed by atoms with E-state index in [9.17, 15) is 0 Å². The van der Waals surface area contributed by atoms with Gasteiger partial charge in [-0.05, 0) is 17.7 Å². The fourth-order valence-corrected chi connectivity index (χ4v) is 0.731. The van der Waals surface area contributed by atoms with Crippen LogP contribution in [0.5, 0.6) is 5.75 Å². The van der Waals surface area contributed by atoms with Gasteiger partial charge in [0.25, 0.3) is 0 Å². The van der Waals surface area contributed by atoms with E-state index >= 15 is 0 Å². The predicted octanol–water partition coefficient (Wildman–Crippen LogP) is 0.539. The maximum atomic E-state index is 8.66.